The molecule has 1 saturated carbocycles. The normalized spacial score (nSPS) is 31.3. The first-order chi connectivity index (χ1) is 9.36. The summed E-state index contributed by atoms with van der Waals surface area (Å²) in [5.41, 5.74) is 3.96. The van der Waals surface area contributed by atoms with Gasteiger partial charge in [-0.2, -0.15) is 0 Å². The number of fused-ring (bicyclic) bond motifs is 1. The van der Waals surface area contributed by atoms with E-state index in [0.717, 1.165) is 17.6 Å². The zero-order valence-electron chi connectivity index (χ0n) is 11.2. The highest BCUT2D eigenvalue weighted by molar-refractivity contribution is 5.79. The molecule has 0 atom stereocenters. The SMILES string of the molecule is c1cnc2c(C3CCC4(CCCO4)CC3)c[nH]c2c1. The average Bonchev–Trinajstić information content (AvgIpc) is 3.08. The number of hydrogen-bond donors (Lipinski definition) is 1. The topological polar surface area (TPSA) is 37.9 Å². The molecule has 1 aliphatic heterocycles. The lowest BCUT2D eigenvalue weighted by atomic mass is 9.75. The quantitative estimate of drug-likeness (QED) is 0.843. The van der Waals surface area contributed by atoms with Gasteiger partial charge < -0.3 is 9.72 Å². The number of H-pyrrole nitrogens is 1. The van der Waals surface area contributed by atoms with Crippen LogP contribution in [0, 0.1) is 0 Å². The van der Waals surface area contributed by atoms with Crippen LogP contribution in [0.1, 0.15) is 50.0 Å². The Morgan fingerprint density at radius 2 is 2.16 bits per heavy atom. The standard InChI is InChI=1S/C16H20N2O/c1-3-14-15(17-9-1)13(11-18-14)12-4-7-16(8-5-12)6-2-10-19-16/h1,3,9,11-12,18H,2,4-8,10H2. The molecular formula is C16H20N2O. The van der Waals surface area contributed by atoms with Crippen molar-refractivity contribution in [3.63, 3.8) is 0 Å². The molecule has 2 aliphatic rings. The van der Waals surface area contributed by atoms with Crippen LogP contribution in [0.3, 0.4) is 0 Å². The van der Waals surface area contributed by atoms with Gasteiger partial charge in [0, 0.05) is 19.0 Å². The highest BCUT2D eigenvalue weighted by Crippen LogP contribution is 2.45. The number of rotatable bonds is 1. The summed E-state index contributed by atoms with van der Waals surface area (Å²) in [5.74, 6) is 0.651. The van der Waals surface area contributed by atoms with Gasteiger partial charge in [0.05, 0.1) is 16.6 Å². The van der Waals surface area contributed by atoms with Crippen molar-refractivity contribution >= 4 is 11.0 Å². The molecule has 1 N–H and O–H groups in total. The van der Waals surface area contributed by atoms with Crippen LogP contribution in [-0.4, -0.2) is 22.2 Å². The fourth-order valence-corrected chi connectivity index (χ4v) is 3.89. The van der Waals surface area contributed by atoms with E-state index in [-0.39, 0.29) is 5.60 Å². The Morgan fingerprint density at radius 1 is 1.26 bits per heavy atom. The molecule has 4 rings (SSSR count). The summed E-state index contributed by atoms with van der Waals surface area (Å²) in [5, 5.41) is 0. The first kappa shape index (κ1) is 11.5. The number of ether oxygens (including phenoxy) is 1. The third-order valence-electron chi connectivity index (χ3n) is 4.99. The average molecular weight is 256 g/mol. The monoisotopic (exact) mass is 256 g/mol. The molecule has 1 spiro atoms. The van der Waals surface area contributed by atoms with Crippen molar-refractivity contribution in [2.75, 3.05) is 6.61 Å². The van der Waals surface area contributed by atoms with Gasteiger partial charge in [-0.25, -0.2) is 0 Å². The Labute approximate surface area is 113 Å². The van der Waals surface area contributed by atoms with E-state index in [9.17, 15) is 0 Å². The van der Waals surface area contributed by atoms with Gasteiger partial charge in [0.25, 0.3) is 0 Å². The fourth-order valence-electron chi connectivity index (χ4n) is 3.89. The van der Waals surface area contributed by atoms with Crippen LogP contribution in [0.15, 0.2) is 24.5 Å². The van der Waals surface area contributed by atoms with Crippen molar-refractivity contribution in [3.8, 4) is 0 Å². The maximum atomic E-state index is 6.01. The van der Waals surface area contributed by atoms with Gasteiger partial charge in [-0.05, 0) is 62.1 Å². The number of aromatic amines is 1. The number of aromatic nitrogens is 2. The van der Waals surface area contributed by atoms with E-state index in [4.69, 9.17) is 4.74 Å². The van der Waals surface area contributed by atoms with Crippen molar-refractivity contribution in [2.45, 2.75) is 50.0 Å². The molecule has 0 radical (unpaired) electrons. The summed E-state index contributed by atoms with van der Waals surface area (Å²) in [6, 6.07) is 4.10. The van der Waals surface area contributed by atoms with E-state index in [1.54, 1.807) is 0 Å². The van der Waals surface area contributed by atoms with E-state index in [1.807, 2.05) is 12.3 Å². The van der Waals surface area contributed by atoms with Crippen LogP contribution in [-0.2, 0) is 4.74 Å². The van der Waals surface area contributed by atoms with E-state index in [2.05, 4.69) is 22.2 Å². The lowest BCUT2D eigenvalue weighted by Crippen LogP contribution is -2.32. The third kappa shape index (κ3) is 1.88. The fraction of sp³-hybridized carbons (Fsp3) is 0.562. The molecule has 19 heavy (non-hydrogen) atoms. The van der Waals surface area contributed by atoms with Crippen LogP contribution < -0.4 is 0 Å². The summed E-state index contributed by atoms with van der Waals surface area (Å²) >= 11 is 0. The number of pyridine rings is 1. The zero-order valence-corrected chi connectivity index (χ0v) is 11.2. The van der Waals surface area contributed by atoms with Crippen LogP contribution >= 0.6 is 0 Å². The molecule has 100 valence electrons. The van der Waals surface area contributed by atoms with E-state index >= 15 is 0 Å². The second kappa shape index (κ2) is 4.34. The predicted octanol–water partition coefficient (Wildman–Crippen LogP) is 3.77. The van der Waals surface area contributed by atoms with Gasteiger partial charge in [-0.3, -0.25) is 4.98 Å². The molecule has 3 nitrogen and oxygen atoms in total. The Morgan fingerprint density at radius 3 is 2.95 bits per heavy atom. The second-order valence-corrected chi connectivity index (χ2v) is 6.05. The zero-order chi connectivity index (χ0) is 12.7. The molecule has 0 unspecified atom stereocenters. The second-order valence-electron chi connectivity index (χ2n) is 6.05. The molecule has 0 bridgehead atoms. The Hall–Kier alpha value is -1.35. The Balaban J connectivity index is 1.58. The molecule has 2 aromatic rings. The number of nitrogens with zero attached hydrogens (tertiary/aromatic N) is 1. The Kier molecular flexibility index (Phi) is 2.62. The third-order valence-corrected chi connectivity index (χ3v) is 4.99. The largest absolute Gasteiger partial charge is 0.375 e. The van der Waals surface area contributed by atoms with Gasteiger partial charge in [0.1, 0.15) is 0 Å². The van der Waals surface area contributed by atoms with Crippen molar-refractivity contribution in [1.82, 2.24) is 9.97 Å². The molecule has 0 aromatic carbocycles. The molecule has 3 heteroatoms. The number of nitrogens with one attached hydrogen (secondary N) is 1. The van der Waals surface area contributed by atoms with Crippen LogP contribution in [0.2, 0.25) is 0 Å². The first-order valence-corrected chi connectivity index (χ1v) is 7.42. The minimum atomic E-state index is 0.232. The van der Waals surface area contributed by atoms with Gasteiger partial charge in [0.2, 0.25) is 0 Å². The summed E-state index contributed by atoms with van der Waals surface area (Å²) in [6.07, 6.45) is 11.5. The molecular weight excluding hydrogens is 236 g/mol. The molecule has 0 amide bonds. The lowest BCUT2D eigenvalue weighted by molar-refractivity contribution is -0.0280. The van der Waals surface area contributed by atoms with Crippen molar-refractivity contribution < 1.29 is 4.74 Å². The highest BCUT2D eigenvalue weighted by Gasteiger charge is 2.39. The van der Waals surface area contributed by atoms with Crippen LogP contribution in [0.4, 0.5) is 0 Å². The smallest absolute Gasteiger partial charge is 0.0913 e. The minimum absolute atomic E-state index is 0.232. The maximum Gasteiger partial charge on any atom is 0.0913 e. The van der Waals surface area contributed by atoms with E-state index in [0.29, 0.717) is 5.92 Å². The predicted molar refractivity (Wildman–Crippen MR) is 75.2 cm³/mol. The summed E-state index contributed by atoms with van der Waals surface area (Å²) in [6.45, 7) is 0.972. The molecule has 2 aromatic heterocycles. The molecule has 3 heterocycles. The number of hydrogen-bond acceptors (Lipinski definition) is 2. The van der Waals surface area contributed by atoms with Gasteiger partial charge in [-0.1, -0.05) is 0 Å². The summed E-state index contributed by atoms with van der Waals surface area (Å²) < 4.78 is 6.01. The van der Waals surface area contributed by atoms with E-state index in [1.165, 1.54) is 44.1 Å². The minimum Gasteiger partial charge on any atom is -0.375 e. The lowest BCUT2D eigenvalue weighted by Gasteiger charge is -2.36. The van der Waals surface area contributed by atoms with Crippen molar-refractivity contribution in [3.05, 3.63) is 30.1 Å². The van der Waals surface area contributed by atoms with Crippen LogP contribution in [0.5, 0.6) is 0 Å². The molecule has 1 saturated heterocycles. The van der Waals surface area contributed by atoms with Crippen molar-refractivity contribution in [2.24, 2.45) is 0 Å². The first-order valence-electron chi connectivity index (χ1n) is 7.42. The maximum absolute atomic E-state index is 6.01. The summed E-state index contributed by atoms with van der Waals surface area (Å²) in [7, 11) is 0. The highest BCUT2D eigenvalue weighted by atomic mass is 16.5. The Bertz CT molecular complexity index is 573. The summed E-state index contributed by atoms with van der Waals surface area (Å²) in [4.78, 5) is 7.90. The van der Waals surface area contributed by atoms with Gasteiger partial charge >= 0.3 is 0 Å². The van der Waals surface area contributed by atoms with Crippen molar-refractivity contribution in [1.29, 1.82) is 0 Å². The molecule has 2 fully saturated rings. The molecule has 1 aliphatic carbocycles. The van der Waals surface area contributed by atoms with E-state index < -0.39 is 0 Å². The van der Waals surface area contributed by atoms with Gasteiger partial charge in [-0.15, -0.1) is 0 Å². The van der Waals surface area contributed by atoms with Gasteiger partial charge in [0.15, 0.2) is 0 Å². The van der Waals surface area contributed by atoms with Crippen LogP contribution in [0.25, 0.3) is 11.0 Å².